The SMILES string of the molecule is C=CCN(CCC)C(=O)[C@@H]1[C@@H]2CCC3(O2)C(C(=O)N(CC=C)C2CCCCC2)N([C@@H](CO)[C@@H](C)CC)C(=O)[C@H]13. The summed E-state index contributed by atoms with van der Waals surface area (Å²) >= 11 is 0. The van der Waals surface area contributed by atoms with Crippen LogP contribution in [0.25, 0.3) is 0 Å². The molecule has 0 aromatic rings. The molecule has 3 amide bonds. The summed E-state index contributed by atoms with van der Waals surface area (Å²) < 4.78 is 6.69. The molecule has 1 saturated carbocycles. The predicted molar refractivity (Wildman–Crippen MR) is 151 cm³/mol. The molecule has 3 aliphatic heterocycles. The third-order valence-electron chi connectivity index (χ3n) is 9.88. The van der Waals surface area contributed by atoms with Gasteiger partial charge in [-0.3, -0.25) is 14.4 Å². The predicted octanol–water partition coefficient (Wildman–Crippen LogP) is 3.54. The molecule has 3 heterocycles. The lowest BCUT2D eigenvalue weighted by Gasteiger charge is -2.43. The highest BCUT2D eigenvalue weighted by molar-refractivity contribution is 5.99. The summed E-state index contributed by atoms with van der Waals surface area (Å²) in [5.74, 6) is -1.80. The van der Waals surface area contributed by atoms with Crippen molar-refractivity contribution in [2.45, 2.75) is 108 Å². The first-order valence-corrected chi connectivity index (χ1v) is 15.2. The summed E-state index contributed by atoms with van der Waals surface area (Å²) in [4.78, 5) is 48.4. The third kappa shape index (κ3) is 5.08. The Kier molecular flexibility index (Phi) is 9.58. The van der Waals surface area contributed by atoms with Gasteiger partial charge in [0.1, 0.15) is 11.6 Å². The largest absolute Gasteiger partial charge is 0.394 e. The molecule has 2 bridgehead atoms. The molecule has 3 saturated heterocycles. The monoisotopic (exact) mass is 543 g/mol. The van der Waals surface area contributed by atoms with Gasteiger partial charge in [0.15, 0.2) is 0 Å². The summed E-state index contributed by atoms with van der Waals surface area (Å²) in [6.07, 6.45) is 11.0. The van der Waals surface area contributed by atoms with Gasteiger partial charge in [0, 0.05) is 25.7 Å². The normalized spacial score (nSPS) is 31.6. The van der Waals surface area contributed by atoms with Crippen molar-refractivity contribution in [3.63, 3.8) is 0 Å². The van der Waals surface area contributed by atoms with Crippen molar-refractivity contribution in [2.24, 2.45) is 17.8 Å². The Labute approximate surface area is 234 Å². The van der Waals surface area contributed by atoms with Gasteiger partial charge >= 0.3 is 0 Å². The maximum Gasteiger partial charge on any atom is 0.248 e. The van der Waals surface area contributed by atoms with E-state index in [0.29, 0.717) is 32.5 Å². The summed E-state index contributed by atoms with van der Waals surface area (Å²) in [6, 6.07) is -1.28. The summed E-state index contributed by atoms with van der Waals surface area (Å²) in [7, 11) is 0. The quantitative estimate of drug-likeness (QED) is 0.359. The molecule has 8 nitrogen and oxygen atoms in total. The molecular formula is C31H49N3O5. The van der Waals surface area contributed by atoms with Crippen LogP contribution in [0.1, 0.15) is 78.6 Å². The van der Waals surface area contributed by atoms with E-state index < -0.39 is 29.5 Å². The highest BCUT2D eigenvalue weighted by atomic mass is 16.5. The highest BCUT2D eigenvalue weighted by Crippen LogP contribution is 2.59. The van der Waals surface area contributed by atoms with Crippen LogP contribution < -0.4 is 0 Å². The minimum atomic E-state index is -1.06. The van der Waals surface area contributed by atoms with Crippen LogP contribution in [-0.2, 0) is 19.1 Å². The van der Waals surface area contributed by atoms with Gasteiger partial charge in [-0.1, -0.05) is 58.6 Å². The van der Waals surface area contributed by atoms with E-state index in [1.165, 1.54) is 6.42 Å². The second-order valence-corrected chi connectivity index (χ2v) is 12.1. The van der Waals surface area contributed by atoms with Crippen molar-refractivity contribution in [3.8, 4) is 0 Å². The zero-order valence-electron chi connectivity index (χ0n) is 24.2. The number of aliphatic hydroxyl groups excluding tert-OH is 1. The van der Waals surface area contributed by atoms with Gasteiger partial charge in [-0.05, 0) is 38.0 Å². The first-order valence-electron chi connectivity index (χ1n) is 15.2. The Morgan fingerprint density at radius 3 is 2.41 bits per heavy atom. The lowest BCUT2D eigenvalue weighted by molar-refractivity contribution is -0.154. The zero-order valence-corrected chi connectivity index (χ0v) is 24.2. The van der Waals surface area contributed by atoms with Crippen molar-refractivity contribution in [2.75, 3.05) is 26.2 Å². The minimum Gasteiger partial charge on any atom is -0.394 e. The van der Waals surface area contributed by atoms with Crippen LogP contribution in [0.2, 0.25) is 0 Å². The van der Waals surface area contributed by atoms with Gasteiger partial charge in [0.05, 0.1) is 30.6 Å². The van der Waals surface area contributed by atoms with Gasteiger partial charge in [-0.2, -0.15) is 0 Å². The number of amides is 3. The Bertz CT molecular complexity index is 933. The van der Waals surface area contributed by atoms with Crippen molar-refractivity contribution in [1.82, 2.24) is 14.7 Å². The number of hydrogen-bond donors (Lipinski definition) is 1. The van der Waals surface area contributed by atoms with Gasteiger partial charge in [-0.25, -0.2) is 0 Å². The Hall–Kier alpha value is -2.19. The van der Waals surface area contributed by atoms with E-state index in [4.69, 9.17) is 4.74 Å². The van der Waals surface area contributed by atoms with E-state index in [0.717, 1.165) is 38.5 Å². The Balaban J connectivity index is 1.78. The standard InChI is InChI=1S/C31H49N3O5/c1-6-17-32(18-7-2)28(36)25-24-15-16-31(39-24)26(25)29(37)34(23(20-35)21(5)9-4)27(31)30(38)33(19-8-3)22-13-11-10-12-14-22/h6,8,21-27,35H,1,3,7,9-20H2,2,4-5H3/t21-,23-,24-,25+,26-,27?,31?/m0/s1. The van der Waals surface area contributed by atoms with Crippen molar-refractivity contribution < 1.29 is 24.2 Å². The van der Waals surface area contributed by atoms with Crippen LogP contribution in [0.4, 0.5) is 0 Å². The highest BCUT2D eigenvalue weighted by Gasteiger charge is 2.75. The van der Waals surface area contributed by atoms with Crippen LogP contribution in [0.3, 0.4) is 0 Å². The maximum absolute atomic E-state index is 14.7. The lowest BCUT2D eigenvalue weighted by Crippen LogP contribution is -2.61. The van der Waals surface area contributed by atoms with E-state index in [1.807, 2.05) is 25.7 Å². The van der Waals surface area contributed by atoms with Gasteiger partial charge < -0.3 is 24.5 Å². The summed E-state index contributed by atoms with van der Waals surface area (Å²) in [5.41, 5.74) is -1.06. The molecule has 0 aromatic carbocycles. The first kappa shape index (κ1) is 29.8. The first-order chi connectivity index (χ1) is 18.8. The fourth-order valence-electron chi connectivity index (χ4n) is 7.86. The molecule has 0 aromatic heterocycles. The molecule has 1 N–H and O–H groups in total. The maximum atomic E-state index is 14.7. The van der Waals surface area contributed by atoms with Crippen molar-refractivity contribution in [1.29, 1.82) is 0 Å². The number of hydrogen-bond acceptors (Lipinski definition) is 5. The van der Waals surface area contributed by atoms with Crippen LogP contribution in [0.5, 0.6) is 0 Å². The number of carbonyl (C=O) groups is 3. The molecule has 0 radical (unpaired) electrons. The smallest absolute Gasteiger partial charge is 0.248 e. The molecule has 1 aliphatic carbocycles. The Morgan fingerprint density at radius 2 is 1.82 bits per heavy atom. The minimum absolute atomic E-state index is 0.0179. The topological polar surface area (TPSA) is 90.4 Å². The van der Waals surface area contributed by atoms with Crippen LogP contribution in [0.15, 0.2) is 25.3 Å². The van der Waals surface area contributed by atoms with Gasteiger partial charge in [-0.15, -0.1) is 13.2 Å². The Morgan fingerprint density at radius 1 is 1.13 bits per heavy atom. The summed E-state index contributed by atoms with van der Waals surface area (Å²) in [6.45, 7) is 15.0. The average Bonchev–Trinajstić information content (AvgIpc) is 3.59. The number of carbonyl (C=O) groups excluding carboxylic acids is 3. The second-order valence-electron chi connectivity index (χ2n) is 12.1. The summed E-state index contributed by atoms with van der Waals surface area (Å²) in [5, 5.41) is 10.6. The van der Waals surface area contributed by atoms with Crippen LogP contribution in [-0.4, -0.2) is 93.6 Å². The van der Waals surface area contributed by atoms with Crippen LogP contribution >= 0.6 is 0 Å². The van der Waals surface area contributed by atoms with Gasteiger partial charge in [0.25, 0.3) is 0 Å². The van der Waals surface area contributed by atoms with Gasteiger partial charge in [0.2, 0.25) is 17.7 Å². The molecule has 4 aliphatic rings. The number of fused-ring (bicyclic) bond motifs is 1. The number of aliphatic hydroxyl groups is 1. The molecule has 39 heavy (non-hydrogen) atoms. The molecule has 4 rings (SSSR count). The molecular weight excluding hydrogens is 494 g/mol. The number of ether oxygens (including phenoxy) is 1. The molecule has 1 spiro atoms. The number of likely N-dealkylation sites (tertiary alicyclic amines) is 1. The second kappa shape index (κ2) is 12.5. The molecule has 218 valence electrons. The van der Waals surface area contributed by atoms with Crippen molar-refractivity contribution >= 4 is 17.7 Å². The zero-order chi connectivity index (χ0) is 28.3. The molecule has 2 unspecified atom stereocenters. The lowest BCUT2D eigenvalue weighted by atomic mass is 9.70. The average molecular weight is 544 g/mol. The van der Waals surface area contributed by atoms with E-state index in [-0.39, 0.29) is 42.4 Å². The molecule has 7 atom stereocenters. The van der Waals surface area contributed by atoms with Crippen molar-refractivity contribution in [3.05, 3.63) is 25.3 Å². The molecule has 4 fully saturated rings. The van der Waals surface area contributed by atoms with Crippen LogP contribution in [0, 0.1) is 17.8 Å². The van der Waals surface area contributed by atoms with E-state index in [2.05, 4.69) is 13.2 Å². The fraction of sp³-hybridized carbons (Fsp3) is 0.774. The number of nitrogens with zero attached hydrogens (tertiary/aromatic N) is 3. The number of rotatable bonds is 13. The molecule has 8 heteroatoms. The fourth-order valence-corrected chi connectivity index (χ4v) is 7.86. The van der Waals surface area contributed by atoms with E-state index >= 15 is 0 Å². The third-order valence-corrected chi connectivity index (χ3v) is 9.88. The van der Waals surface area contributed by atoms with E-state index in [9.17, 15) is 19.5 Å². The van der Waals surface area contributed by atoms with E-state index in [1.54, 1.807) is 22.0 Å².